The third-order valence-electron chi connectivity index (χ3n) is 1.02. The summed E-state index contributed by atoms with van der Waals surface area (Å²) in [4.78, 5) is 0. The van der Waals surface area contributed by atoms with Crippen LogP contribution < -0.4 is 43.0 Å². The van der Waals surface area contributed by atoms with E-state index in [0.717, 1.165) is 6.42 Å². The maximum Gasteiger partial charge on any atom is 1.00 e. The third-order valence-corrected chi connectivity index (χ3v) is 1.02. The fraction of sp³-hybridized carbons (Fsp3) is 0.900. The summed E-state index contributed by atoms with van der Waals surface area (Å²) in [7, 11) is 0. The largest absolute Gasteiger partial charge is 1.00 e. The van der Waals surface area contributed by atoms with Crippen LogP contribution in [0.5, 0.6) is 0 Å². The van der Waals surface area contributed by atoms with Gasteiger partial charge in [0.2, 0.25) is 0 Å². The van der Waals surface area contributed by atoms with Crippen LogP contribution in [0.1, 0.15) is 48.9 Å². The van der Waals surface area contributed by atoms with Crippen LogP contribution in [-0.4, -0.2) is 12.1 Å². The summed E-state index contributed by atoms with van der Waals surface area (Å²) in [6, 6.07) is 1.25. The number of hydrogen-bond acceptors (Lipinski definition) is 1. The zero-order valence-electron chi connectivity index (χ0n) is 11.8. The molecule has 13 heavy (non-hydrogen) atoms. The molecule has 0 aliphatic heterocycles. The summed E-state index contributed by atoms with van der Waals surface area (Å²) in [6.07, 6.45) is 2.28. The van der Waals surface area contributed by atoms with Gasteiger partial charge in [-0.05, 0) is 0 Å². The van der Waals surface area contributed by atoms with Crippen molar-refractivity contribution in [1.82, 2.24) is 5.32 Å². The van der Waals surface area contributed by atoms with Crippen molar-refractivity contribution in [2.24, 2.45) is 0 Å². The van der Waals surface area contributed by atoms with Crippen molar-refractivity contribution in [1.29, 1.82) is 0 Å². The van der Waals surface area contributed by atoms with E-state index in [9.17, 15) is 0 Å². The molecule has 0 amide bonds. The molecule has 0 aromatic carbocycles. The standard InChI is InChI=1S/C6H15N.C4H9.2Li.H/c1-5(2)7-6(3)4;1-3-4-2;;;/h5-7H,1-4H3;1,3-4H2,2H3;;;/q;-1;2*+1;-1. The average Bonchev–Trinajstić information content (AvgIpc) is 1.85. The average molecular weight is 173 g/mol. The van der Waals surface area contributed by atoms with E-state index in [-0.39, 0.29) is 39.1 Å². The fourth-order valence-corrected chi connectivity index (χ4v) is 0.667. The van der Waals surface area contributed by atoms with Crippen LogP contribution in [0.15, 0.2) is 0 Å². The molecule has 0 rings (SSSR count). The fourth-order valence-electron chi connectivity index (χ4n) is 0.667. The van der Waals surface area contributed by atoms with Crippen LogP contribution in [0.4, 0.5) is 0 Å². The minimum atomic E-state index is 0. The van der Waals surface area contributed by atoms with Gasteiger partial charge in [-0.3, -0.25) is 0 Å². The van der Waals surface area contributed by atoms with Gasteiger partial charge in [0.05, 0.1) is 0 Å². The van der Waals surface area contributed by atoms with E-state index in [2.05, 4.69) is 46.9 Å². The van der Waals surface area contributed by atoms with Crippen molar-refractivity contribution >= 4 is 0 Å². The van der Waals surface area contributed by atoms with Crippen molar-refractivity contribution in [3.63, 3.8) is 0 Å². The van der Waals surface area contributed by atoms with Crippen molar-refractivity contribution in [2.75, 3.05) is 0 Å². The molecule has 0 aliphatic carbocycles. The molecule has 0 aliphatic rings. The molecule has 72 valence electrons. The molecular formula is C10H25Li2N. The van der Waals surface area contributed by atoms with Crippen molar-refractivity contribution in [3.05, 3.63) is 6.92 Å². The number of hydrogen-bond donors (Lipinski definition) is 1. The Kier molecular flexibility index (Phi) is 34.4. The van der Waals surface area contributed by atoms with Gasteiger partial charge in [-0.15, -0.1) is 0 Å². The first-order chi connectivity index (χ1) is 5.04. The van der Waals surface area contributed by atoms with Gasteiger partial charge in [-0.25, -0.2) is 0 Å². The molecule has 1 N–H and O–H groups in total. The number of unbranched alkanes of at least 4 members (excludes halogenated alkanes) is 1. The molecule has 0 spiro atoms. The first-order valence-corrected chi connectivity index (χ1v) is 4.59. The summed E-state index contributed by atoms with van der Waals surface area (Å²) in [5.74, 6) is 0. The molecule has 0 bridgehead atoms. The zero-order chi connectivity index (χ0) is 9.28. The predicted molar refractivity (Wildman–Crippen MR) is 54.8 cm³/mol. The van der Waals surface area contributed by atoms with Gasteiger partial charge in [0.1, 0.15) is 0 Å². The normalized spacial score (nSPS) is 8.31. The van der Waals surface area contributed by atoms with Crippen LogP contribution in [0, 0.1) is 6.92 Å². The molecule has 0 saturated heterocycles. The Bertz CT molecular complexity index is 63.1. The second kappa shape index (κ2) is 18.8. The maximum absolute atomic E-state index is 3.60. The predicted octanol–water partition coefficient (Wildman–Crippen LogP) is -2.87. The maximum atomic E-state index is 3.60. The van der Waals surface area contributed by atoms with Gasteiger partial charge in [0.25, 0.3) is 0 Å². The van der Waals surface area contributed by atoms with E-state index < -0.39 is 0 Å². The van der Waals surface area contributed by atoms with Gasteiger partial charge in [-0.2, -0.15) is 6.42 Å². The molecule has 0 unspecified atom stereocenters. The summed E-state index contributed by atoms with van der Waals surface area (Å²) >= 11 is 0. The number of nitrogens with one attached hydrogen (secondary N) is 1. The Hall–Kier alpha value is 1.15. The van der Waals surface area contributed by atoms with Crippen molar-refractivity contribution < 1.29 is 39.1 Å². The van der Waals surface area contributed by atoms with E-state index in [1.165, 1.54) is 6.42 Å². The van der Waals surface area contributed by atoms with Crippen LogP contribution >= 0.6 is 0 Å². The summed E-state index contributed by atoms with van der Waals surface area (Å²) in [6.45, 7) is 14.3. The third kappa shape index (κ3) is 43.2. The summed E-state index contributed by atoms with van der Waals surface area (Å²) in [5.41, 5.74) is 0. The van der Waals surface area contributed by atoms with Gasteiger partial charge in [0.15, 0.2) is 0 Å². The van der Waals surface area contributed by atoms with Crippen LogP contribution in [0.2, 0.25) is 0 Å². The molecule has 0 saturated carbocycles. The van der Waals surface area contributed by atoms with E-state index in [0.29, 0.717) is 12.1 Å². The quantitative estimate of drug-likeness (QED) is 0.357. The Morgan fingerprint density at radius 3 is 1.31 bits per heavy atom. The molecule has 0 heterocycles. The topological polar surface area (TPSA) is 12.0 Å². The second-order valence-corrected chi connectivity index (χ2v) is 3.33. The molecule has 0 fully saturated rings. The molecule has 0 atom stereocenters. The summed E-state index contributed by atoms with van der Waals surface area (Å²) in [5, 5.41) is 3.31. The van der Waals surface area contributed by atoms with E-state index in [1.54, 1.807) is 0 Å². The molecule has 3 heteroatoms. The minimum Gasteiger partial charge on any atom is -1.00 e. The number of rotatable bonds is 3. The Morgan fingerprint density at radius 1 is 1.08 bits per heavy atom. The van der Waals surface area contributed by atoms with Gasteiger partial charge in [0, 0.05) is 12.1 Å². The van der Waals surface area contributed by atoms with Crippen LogP contribution in [0.25, 0.3) is 0 Å². The van der Waals surface area contributed by atoms with Crippen molar-refractivity contribution in [2.45, 2.75) is 59.5 Å². The van der Waals surface area contributed by atoms with Gasteiger partial charge >= 0.3 is 37.7 Å². The Balaban J connectivity index is -0.0000000347. The smallest absolute Gasteiger partial charge is 1.00 e. The molecule has 0 radical (unpaired) electrons. The van der Waals surface area contributed by atoms with E-state index in [4.69, 9.17) is 0 Å². The monoisotopic (exact) mass is 173 g/mol. The van der Waals surface area contributed by atoms with Crippen LogP contribution in [0.3, 0.4) is 0 Å². The van der Waals surface area contributed by atoms with Crippen molar-refractivity contribution in [3.8, 4) is 0 Å². The molecular weight excluding hydrogens is 148 g/mol. The SMILES string of the molecule is CC(C)NC(C)C.[CH2-]CCC.[H-].[Li+].[Li+]. The molecule has 0 aromatic heterocycles. The zero-order valence-corrected chi connectivity index (χ0v) is 10.8. The minimum absolute atomic E-state index is 0. The first kappa shape index (κ1) is 23.8. The van der Waals surface area contributed by atoms with E-state index >= 15 is 0 Å². The Labute approximate surface area is 111 Å². The van der Waals surface area contributed by atoms with Gasteiger partial charge in [-0.1, -0.05) is 41.0 Å². The van der Waals surface area contributed by atoms with Gasteiger partial charge < -0.3 is 13.7 Å². The second-order valence-electron chi connectivity index (χ2n) is 3.33. The Morgan fingerprint density at radius 2 is 1.31 bits per heavy atom. The van der Waals surface area contributed by atoms with E-state index in [1.807, 2.05) is 0 Å². The molecule has 1 nitrogen and oxygen atoms in total. The summed E-state index contributed by atoms with van der Waals surface area (Å²) < 4.78 is 0. The first-order valence-electron chi connectivity index (χ1n) is 4.59. The van der Waals surface area contributed by atoms with Crippen LogP contribution in [-0.2, 0) is 0 Å². The molecule has 0 aromatic rings.